The number of ether oxygens (including phenoxy) is 2. The first-order valence-corrected chi connectivity index (χ1v) is 27.6. The number of hydrogen-bond acceptors (Lipinski definition) is 13. The summed E-state index contributed by atoms with van der Waals surface area (Å²) in [7, 11) is 1.68. The molecule has 2 bridgehead atoms. The molecule has 3 aliphatic heterocycles. The molecule has 418 valence electrons. The summed E-state index contributed by atoms with van der Waals surface area (Å²) in [6, 6.07) is 13.2. The van der Waals surface area contributed by atoms with Gasteiger partial charge in [0, 0.05) is 61.9 Å². The number of pyridine rings is 1. The summed E-state index contributed by atoms with van der Waals surface area (Å²) in [4.78, 5) is 83.2. The van der Waals surface area contributed by atoms with Gasteiger partial charge in [0.15, 0.2) is 0 Å². The maximum atomic E-state index is 14.9. The molecule has 6 N–H and O–H groups in total. The predicted molar refractivity (Wildman–Crippen MR) is 295 cm³/mol. The highest BCUT2D eigenvalue weighted by Crippen LogP contribution is 2.45. The minimum atomic E-state index is -0.868. The Morgan fingerprint density at radius 2 is 1.73 bits per heavy atom. The number of fused-ring (bicyclic) bond motifs is 8. The average Bonchev–Trinajstić information content (AvgIpc) is 3.88. The lowest BCUT2D eigenvalue weighted by Crippen LogP contribution is -2.59. The number of carbonyl (C=O) groups excluding carboxylic acids is 5. The van der Waals surface area contributed by atoms with Crippen molar-refractivity contribution in [1.29, 1.82) is 0 Å². The first kappa shape index (κ1) is 57.4. The fourth-order valence-electron chi connectivity index (χ4n) is 10.9. The van der Waals surface area contributed by atoms with E-state index in [4.69, 9.17) is 26.9 Å². The van der Waals surface area contributed by atoms with Gasteiger partial charge in [0.25, 0.3) is 11.7 Å². The van der Waals surface area contributed by atoms with Gasteiger partial charge < -0.3 is 56.0 Å². The van der Waals surface area contributed by atoms with Crippen LogP contribution < -0.4 is 31.9 Å². The van der Waals surface area contributed by atoms with E-state index < -0.39 is 29.4 Å². The first-order chi connectivity index (χ1) is 37.5. The maximum absolute atomic E-state index is 14.9. The molecule has 3 fully saturated rings. The summed E-state index contributed by atoms with van der Waals surface area (Å²) in [6.07, 6.45) is 6.76. The number of nitrogen functional groups attached to an aromatic ring is 1. The van der Waals surface area contributed by atoms with Gasteiger partial charge in [-0.15, -0.1) is 5.10 Å². The van der Waals surface area contributed by atoms with Crippen molar-refractivity contribution in [2.75, 3.05) is 63.7 Å². The monoisotopic (exact) mass is 1070 g/mol. The van der Waals surface area contributed by atoms with Crippen LogP contribution in [0.1, 0.15) is 132 Å². The number of likely N-dealkylation sites (tertiary alicyclic amines) is 1. The van der Waals surface area contributed by atoms with Crippen molar-refractivity contribution in [3.05, 3.63) is 100 Å². The Morgan fingerprint density at radius 3 is 2.44 bits per heavy atom. The third-order valence-electron chi connectivity index (χ3n) is 15.5. The molecule has 2 aromatic heterocycles. The molecule has 20 heteroatoms. The second kappa shape index (κ2) is 25.8. The van der Waals surface area contributed by atoms with Crippen LogP contribution in [-0.2, 0) is 41.7 Å². The number of carbonyl (C=O) groups is 5. The fraction of sp³-hybridized carbons (Fsp3) is 0.552. The lowest BCUT2D eigenvalue weighted by molar-refractivity contribution is -0.144. The number of rotatable bonds is 23. The van der Waals surface area contributed by atoms with E-state index in [2.05, 4.69) is 36.0 Å². The summed E-state index contributed by atoms with van der Waals surface area (Å²) < 4.78 is 28.2. The van der Waals surface area contributed by atoms with E-state index in [0.29, 0.717) is 98.0 Å². The summed E-state index contributed by atoms with van der Waals surface area (Å²) >= 11 is 0. The number of nitrogens with two attached hydrogens (primary N) is 1. The Morgan fingerprint density at radius 1 is 0.974 bits per heavy atom. The van der Waals surface area contributed by atoms with Crippen LogP contribution in [0.25, 0.3) is 16.0 Å². The fourth-order valence-corrected chi connectivity index (χ4v) is 10.9. The molecule has 6 atom stereocenters. The lowest BCUT2D eigenvalue weighted by Gasteiger charge is -2.36. The molecule has 4 aliphatic rings. The minimum Gasteiger partial charge on any atom is -0.382 e. The molecular formula is C58H77FN12O7. The summed E-state index contributed by atoms with van der Waals surface area (Å²) in [5.41, 5.74) is 10.3. The Hall–Kier alpha value is -6.79. The average molecular weight is 1070 g/mol. The number of anilines is 2. The number of ketones is 1. The zero-order chi connectivity index (χ0) is 55.7. The number of hydrogen-bond donors (Lipinski definition) is 5. The number of benzene rings is 2. The number of aromatic nitrogens is 3. The highest BCUT2D eigenvalue weighted by molar-refractivity contribution is 5.97. The van der Waals surface area contributed by atoms with Crippen LogP contribution in [-0.4, -0.2) is 137 Å². The highest BCUT2D eigenvalue weighted by Gasteiger charge is 2.46. The second-order valence-electron chi connectivity index (χ2n) is 22.1. The molecule has 2 saturated heterocycles. The van der Waals surface area contributed by atoms with Crippen LogP contribution >= 0.6 is 0 Å². The van der Waals surface area contributed by atoms with Gasteiger partial charge in [0.2, 0.25) is 17.7 Å². The van der Waals surface area contributed by atoms with E-state index >= 15 is 0 Å². The van der Waals surface area contributed by atoms with E-state index in [9.17, 15) is 28.4 Å². The number of amides is 4. The quantitative estimate of drug-likeness (QED) is 0.0401. The number of nitrogens with zero attached hydrogens (tertiary/aromatic N) is 7. The van der Waals surface area contributed by atoms with Crippen molar-refractivity contribution in [2.24, 2.45) is 5.41 Å². The SMILES string of the molecule is [C-]#[N+]c1c2c(nn1CCCC(=O)CCOCCOCCN[C@@H]1C[C@H](C(=O)N[C@@H](CC)c3ccccc3)N(C(=O)[C@H](NC(=O)[C@@H](C)NC)C(C)(C)C)C1)CN(C1CC1)C(=O)c1ccc(F)cc1[C@H]1CCCN1c1cc-2cnc1N. The molecule has 19 nitrogen and oxygen atoms in total. The zero-order valence-corrected chi connectivity index (χ0v) is 46.0. The van der Waals surface area contributed by atoms with E-state index in [1.807, 2.05) is 64.1 Å². The van der Waals surface area contributed by atoms with Crippen LogP contribution in [0.15, 0.2) is 60.8 Å². The first-order valence-electron chi connectivity index (χ1n) is 27.6. The van der Waals surface area contributed by atoms with E-state index in [1.54, 1.807) is 40.7 Å². The van der Waals surface area contributed by atoms with Crippen LogP contribution in [0.4, 0.5) is 21.7 Å². The van der Waals surface area contributed by atoms with Crippen LogP contribution in [0.3, 0.4) is 0 Å². The van der Waals surface area contributed by atoms with Crippen molar-refractivity contribution in [3.63, 3.8) is 0 Å². The van der Waals surface area contributed by atoms with Gasteiger partial charge in [-0.3, -0.25) is 24.0 Å². The summed E-state index contributed by atoms with van der Waals surface area (Å²) in [6.45, 7) is 20.7. The molecule has 8 rings (SSSR count). The van der Waals surface area contributed by atoms with Crippen LogP contribution in [0.2, 0.25) is 0 Å². The molecule has 78 heavy (non-hydrogen) atoms. The molecule has 1 aliphatic carbocycles. The van der Waals surface area contributed by atoms with Gasteiger partial charge >= 0.3 is 0 Å². The molecule has 4 amide bonds. The maximum Gasteiger partial charge on any atom is 0.260 e. The summed E-state index contributed by atoms with van der Waals surface area (Å²) in [5.74, 6) is -0.884. The van der Waals surface area contributed by atoms with Gasteiger partial charge in [-0.05, 0) is 105 Å². The molecule has 5 heterocycles. The molecule has 0 spiro atoms. The van der Waals surface area contributed by atoms with E-state index in [1.165, 1.54) is 12.1 Å². The van der Waals surface area contributed by atoms with Gasteiger partial charge in [-0.2, -0.15) is 4.68 Å². The van der Waals surface area contributed by atoms with Crippen LogP contribution in [0, 0.1) is 17.8 Å². The molecular weight excluding hydrogens is 996 g/mol. The number of Topliss-reactive ketones (excluding diaryl/α,β-unsaturated/α-hetero) is 1. The molecule has 1 saturated carbocycles. The predicted octanol–water partition coefficient (Wildman–Crippen LogP) is 6.41. The van der Waals surface area contributed by atoms with E-state index in [0.717, 1.165) is 24.8 Å². The Kier molecular flexibility index (Phi) is 19.0. The molecule has 2 aromatic carbocycles. The van der Waals surface area contributed by atoms with E-state index in [-0.39, 0.29) is 98.5 Å². The highest BCUT2D eigenvalue weighted by atomic mass is 19.1. The second-order valence-corrected chi connectivity index (χ2v) is 22.1. The van der Waals surface area contributed by atoms with Crippen molar-refractivity contribution in [2.45, 2.75) is 148 Å². The number of halogens is 1. The molecule has 4 aromatic rings. The third-order valence-corrected chi connectivity index (χ3v) is 15.5. The third kappa shape index (κ3) is 13.5. The topological polar surface area (TPSA) is 223 Å². The molecule has 0 unspecified atom stereocenters. The van der Waals surface area contributed by atoms with Crippen LogP contribution in [0.5, 0.6) is 0 Å². The van der Waals surface area contributed by atoms with Gasteiger partial charge in [0.05, 0.1) is 63.3 Å². The van der Waals surface area contributed by atoms with Crippen molar-refractivity contribution in [1.82, 2.24) is 45.8 Å². The van der Waals surface area contributed by atoms with Crippen molar-refractivity contribution >= 4 is 46.7 Å². The van der Waals surface area contributed by atoms with Gasteiger partial charge in [-0.25, -0.2) is 9.37 Å². The smallest absolute Gasteiger partial charge is 0.260 e. The van der Waals surface area contributed by atoms with Gasteiger partial charge in [0.1, 0.15) is 35.2 Å². The number of aryl methyl sites for hydroxylation is 1. The Balaban J connectivity index is 0.817. The number of nitrogens with one attached hydrogen (secondary N) is 4. The van der Waals surface area contributed by atoms with Gasteiger partial charge in [-0.1, -0.05) is 64.6 Å². The molecule has 0 radical (unpaired) electrons. The largest absolute Gasteiger partial charge is 0.382 e. The standard InChI is InChI=1S/C58H77FN12O7/c1-8-45(37-14-10-9-11-15-37)65-55(74)49-32-40(34-70(49)57(76)51(58(3,4)5)66-54(73)36(2)61-6)63-23-27-78-29-28-77-26-22-42(72)16-12-25-71-53(62-7)50-38-30-48(52(60)64-33-38)68-24-13-17-47(68)44-31-39(59)18-21-43(44)56(75)69(41-19-20-41)35-46(50)67-71/h9-11,14-15,18,21,30-31,33,36,40-41,45,47,49,51,61,63H,8,12-13,16-17,19-20,22-29,32,34-35H2,1-6H3,(H2,60,64)(H,65,74)(H,66,73)/t36-,40-,45+,47-,49-,51+/m1/s1. The lowest BCUT2D eigenvalue weighted by atomic mass is 9.85. The van der Waals surface area contributed by atoms with Crippen molar-refractivity contribution < 1.29 is 37.8 Å². The number of likely N-dealkylation sites (N-methyl/N-ethyl adjacent to an activating group) is 1. The minimum absolute atomic E-state index is 0.00806. The summed E-state index contributed by atoms with van der Waals surface area (Å²) in [5, 5.41) is 17.5. The Labute approximate surface area is 457 Å². The van der Waals surface area contributed by atoms with Crippen molar-refractivity contribution in [3.8, 4) is 11.1 Å². The Bertz CT molecular complexity index is 2830. The zero-order valence-electron chi connectivity index (χ0n) is 46.0. The normalized spacial score (nSPS) is 19.4.